The normalized spacial score (nSPS) is 10.2. The van der Waals surface area contributed by atoms with Crippen LogP contribution in [0.2, 0.25) is 0 Å². The predicted molar refractivity (Wildman–Crippen MR) is 432 cm³/mol. The predicted octanol–water partition coefficient (Wildman–Crippen LogP) is 21.5. The first-order valence-corrected chi connectivity index (χ1v) is 38.3. The smallest absolute Gasteiger partial charge is 0.173 e. The van der Waals surface area contributed by atoms with Crippen LogP contribution in [0.1, 0.15) is 66.1 Å². The fraction of sp³-hybridized carbons (Fsp3) is 0.239. The number of fused-ring (bicyclic) bond motifs is 5. The molecule has 5 N–H and O–H groups in total. The minimum Gasteiger partial charge on any atom is -0.698 e. The van der Waals surface area contributed by atoms with Crippen molar-refractivity contribution in [2.75, 3.05) is 54.5 Å². The van der Waals surface area contributed by atoms with E-state index in [0.717, 1.165) is 100 Å². The molecular formula is C71H79BrI2N13O6S4U5-5. The van der Waals surface area contributed by atoms with E-state index >= 15 is 0 Å². The van der Waals surface area contributed by atoms with Crippen molar-refractivity contribution in [1.82, 2.24) is 39.8 Å². The van der Waals surface area contributed by atoms with Crippen LogP contribution in [0.15, 0.2) is 170 Å². The molecule has 7 heterocycles. The van der Waals surface area contributed by atoms with Gasteiger partial charge in [0.05, 0.1) is 68.2 Å². The number of carbonyl (C=O) groups is 1. The van der Waals surface area contributed by atoms with Crippen LogP contribution in [-0.2, 0) is 37.4 Å². The fourth-order valence-corrected chi connectivity index (χ4v) is 12.6. The van der Waals surface area contributed by atoms with Crippen LogP contribution in [-0.4, -0.2) is 117 Å². The Morgan fingerprint density at radius 2 is 0.902 bits per heavy atom. The first-order chi connectivity index (χ1) is 44.9. The van der Waals surface area contributed by atoms with Crippen molar-refractivity contribution in [1.29, 1.82) is 0 Å². The van der Waals surface area contributed by atoms with Crippen LogP contribution >= 0.6 is 85.2 Å². The van der Waals surface area contributed by atoms with Gasteiger partial charge < -0.3 is 33.4 Å². The molecule has 31 heteroatoms. The summed E-state index contributed by atoms with van der Waals surface area (Å²) in [7, 11) is -3.95. The molecule has 0 aliphatic carbocycles. The molecule has 102 heavy (non-hydrogen) atoms. The molecule has 12 aromatic rings. The van der Waals surface area contributed by atoms with Crippen LogP contribution in [0.5, 0.6) is 0 Å². The molecule has 0 aliphatic heterocycles. The van der Waals surface area contributed by atoms with Crippen molar-refractivity contribution in [3.8, 4) is 22.5 Å². The number of ether oxygens (including phenoxy) is 1. The molecule has 0 aliphatic rings. The summed E-state index contributed by atoms with van der Waals surface area (Å²) in [5.74, 6) is 1.02. The second kappa shape index (κ2) is 50.4. The van der Waals surface area contributed by atoms with E-state index < -0.39 is 19.7 Å². The van der Waals surface area contributed by atoms with Crippen LogP contribution in [0, 0.1) is 162 Å². The number of ketones is 1. The zero-order valence-electron chi connectivity index (χ0n) is 55.5. The summed E-state index contributed by atoms with van der Waals surface area (Å²) < 4.78 is 50.1. The Balaban J connectivity index is 0. The summed E-state index contributed by atoms with van der Waals surface area (Å²) in [4.78, 5) is 45.7. The number of thiazole rings is 2. The van der Waals surface area contributed by atoms with Crippen molar-refractivity contribution >= 4 is 199 Å². The first-order valence-electron chi connectivity index (χ1n) is 29.2. The van der Waals surface area contributed by atoms with Gasteiger partial charge in [-0.1, -0.05) is 120 Å². The monoisotopic (exact) mass is 2860 g/mol. The molecule has 7 aromatic heterocycles. The van der Waals surface area contributed by atoms with Crippen LogP contribution in [0.4, 0.5) is 28.4 Å². The van der Waals surface area contributed by atoms with Crippen LogP contribution in [0.25, 0.3) is 111 Å². The van der Waals surface area contributed by atoms with E-state index in [-0.39, 0.29) is 212 Å². The second-order valence-electron chi connectivity index (χ2n) is 21.4. The summed E-state index contributed by atoms with van der Waals surface area (Å²) in [5.41, 5.74) is 51.8. The maximum atomic E-state index is 11.4. The number of nitrogens with one attached hydrogen (secondary N) is 5. The number of rotatable bonds is 17. The Morgan fingerprint density at radius 1 is 0.539 bits per heavy atom. The molecule has 0 unspecified atom stereocenters. The Morgan fingerprint density at radius 3 is 1.31 bits per heavy atom. The number of aryl methyl sites for hydroxylation is 2. The Hall–Kier alpha value is -2.32. The summed E-state index contributed by atoms with van der Waals surface area (Å²) in [6, 6.07) is 36.8. The molecule has 0 spiro atoms. The zero-order chi connectivity index (χ0) is 68.1. The van der Waals surface area contributed by atoms with Crippen molar-refractivity contribution < 1.29 is 182 Å². The number of nitrogens with zero attached hydrogens (tertiary/aromatic N) is 8. The van der Waals surface area contributed by atoms with Gasteiger partial charge in [0.1, 0.15) is 30.4 Å². The number of sulfone groups is 2. The Bertz CT molecular complexity index is 4860. The average Bonchev–Trinajstić information content (AvgIpc) is 1.76. The number of pyridine rings is 5. The van der Waals surface area contributed by atoms with Gasteiger partial charge in [-0.05, 0) is 139 Å². The number of unbranched alkanes of at least 4 members (excludes halogenated alkanes) is 1. The number of benzene rings is 5. The van der Waals surface area contributed by atoms with Crippen molar-refractivity contribution in [3.63, 3.8) is 0 Å². The molecular weight excluding hydrogens is 2780 g/mol. The SMILES string of the molecule is C.C.C=C(OCC)c1ccc2nccc([NH-])c2c1.CI.CN(CCS(C)(=O)=O)Cc1nc(-c2ccc3nccc([NH-])c3c2)cs1.CS(=O)(=O)CCCCc1nc(-c2ccc3nccc([NH-])c3c2)cs1.Cc1ccc2nccc([NH-])c2c1.I.[NH-]c1ccnc2ccc(C(=O)CBr)cc12.[U].[U].[U].[U].[U]. The van der Waals surface area contributed by atoms with E-state index in [9.17, 15) is 21.6 Å². The summed E-state index contributed by atoms with van der Waals surface area (Å²) >= 11 is 8.41. The maximum Gasteiger partial charge on any atom is 0.173 e. The van der Waals surface area contributed by atoms with Crippen molar-refractivity contribution in [2.45, 2.75) is 54.5 Å². The quantitative estimate of drug-likeness (QED) is 0.0269. The third-order valence-electron chi connectivity index (χ3n) is 14.0. The number of alkyl halides is 2. The van der Waals surface area contributed by atoms with Gasteiger partial charge in [0.25, 0.3) is 0 Å². The number of halogens is 3. The van der Waals surface area contributed by atoms with Crippen LogP contribution < -0.4 is 0 Å². The molecule has 0 saturated heterocycles. The maximum absolute atomic E-state index is 11.4. The van der Waals surface area contributed by atoms with E-state index in [1.165, 1.54) is 18.1 Å². The molecule has 5 aromatic carbocycles. The summed E-state index contributed by atoms with van der Waals surface area (Å²) in [6.07, 6.45) is 13.0. The van der Waals surface area contributed by atoms with Gasteiger partial charge in [-0.15, -0.1) is 75.1 Å². The third kappa shape index (κ3) is 31.7. The fourth-order valence-electron chi connectivity index (χ4n) is 9.19. The minimum absolute atomic E-state index is 0. The number of Topliss-reactive ketones (excluding diaryl/α,β-unsaturated/α-hetero) is 1. The first kappa shape index (κ1) is 102. The van der Waals surface area contributed by atoms with E-state index in [1.807, 2.05) is 114 Å². The zero-order valence-corrected chi connectivity index (χ0v) is 85.6. The number of hydrogen-bond acceptors (Lipinski definition) is 16. The number of aromatic nitrogens is 7. The number of hydrogen-bond donors (Lipinski definition) is 0. The van der Waals surface area contributed by atoms with E-state index in [1.54, 1.807) is 102 Å². The Labute approximate surface area is 765 Å². The van der Waals surface area contributed by atoms with E-state index in [4.69, 9.17) is 33.4 Å². The molecule has 12 rings (SSSR count). The Kier molecular flexibility index (Phi) is 50.3. The van der Waals surface area contributed by atoms with Gasteiger partial charge in [0.2, 0.25) is 0 Å². The van der Waals surface area contributed by atoms with Gasteiger partial charge in [0.15, 0.2) is 5.78 Å². The number of carbonyl (C=O) groups excluding carboxylic acids is 1. The third-order valence-corrected chi connectivity index (χ3v) is 18.3. The molecule has 0 bridgehead atoms. The minimum atomic E-state index is -2.96. The standard InChI is InChI=1S/C17H19N4O2S2.C17H18N3O2S2.C13H13N2O.C11H9BrN2O.C10H9N2.CH3I.2CH4.HI.5U/c1-21(7-8-25(2,22)23)10-17-20-16(11-24-17)12-3-4-15-13(9-12)14(18)5-6-19-15;1-24(21,22)9-3-2-4-17-20-16(11-23-17)12-5-6-15-13(10-12)14(18)7-8-19-15;1-3-16-9(2)10-4-5-13-11(8-10)12(14)6-7-15-13;12-6-11(15)7-1-2-10-8(5-7)9(13)3-4-14-10;1-7-2-3-10-8(6-7)9(11)4-5-12-10;1-2;;;;;;;;/h3-6,9,11H,7-8,10H2,1-2H3,(H-,18,19);5-8,10-11H,2-4,9H2,1H3,(H-,18,19);4-8H,2-3H2,1H3,(H-,14,15);1-5H,6H2,(H2,13,14,15);2-6H,1H3,(H-,11,12);1H3;2*1H4;1H;;;;;/q3*-1;;-1;;;;;;;;;/p-1. The van der Waals surface area contributed by atoms with Gasteiger partial charge in [0, 0.05) is 244 Å². The van der Waals surface area contributed by atoms with Crippen molar-refractivity contribution in [2.24, 2.45) is 0 Å². The molecule has 0 saturated carbocycles. The van der Waals surface area contributed by atoms with Gasteiger partial charge in [-0.3, -0.25) is 34.6 Å². The summed E-state index contributed by atoms with van der Waals surface area (Å²) in [6.45, 7) is 9.48. The molecule has 534 valence electrons. The molecule has 0 radical (unpaired) electrons. The second-order valence-corrected chi connectivity index (χ2v) is 28.3. The van der Waals surface area contributed by atoms with Gasteiger partial charge in [-0.25, -0.2) is 26.8 Å². The summed E-state index contributed by atoms with van der Waals surface area (Å²) in [5, 5.41) is 10.3. The van der Waals surface area contributed by atoms with Crippen LogP contribution in [0.3, 0.4) is 0 Å². The largest absolute Gasteiger partial charge is 0.698 e. The average molecular weight is 2860 g/mol. The van der Waals surface area contributed by atoms with E-state index in [0.29, 0.717) is 76.6 Å². The van der Waals surface area contributed by atoms with Gasteiger partial charge in [-0.2, -0.15) is 0 Å². The molecule has 0 fully saturated rings. The molecule has 0 amide bonds. The van der Waals surface area contributed by atoms with Gasteiger partial charge >= 0.3 is 0 Å². The van der Waals surface area contributed by atoms with E-state index in [2.05, 4.69) is 80.0 Å². The topological polar surface area (TPSA) is 307 Å². The molecule has 0 atom stereocenters. The van der Waals surface area contributed by atoms with Crippen molar-refractivity contribution in [3.05, 3.63) is 225 Å². The molecule has 19 nitrogen and oxygen atoms in total.